The van der Waals surface area contributed by atoms with Crippen LogP contribution < -0.4 is 10.1 Å². The number of fused-ring (bicyclic) bond motifs is 2. The van der Waals surface area contributed by atoms with Gasteiger partial charge in [-0.1, -0.05) is 24.3 Å². The molecule has 0 spiro atoms. The van der Waals surface area contributed by atoms with E-state index in [4.69, 9.17) is 4.74 Å². The first-order chi connectivity index (χ1) is 10.8. The van der Waals surface area contributed by atoms with Crippen molar-refractivity contribution < 1.29 is 9.53 Å². The fourth-order valence-electron chi connectivity index (χ4n) is 2.46. The summed E-state index contributed by atoms with van der Waals surface area (Å²) in [6, 6.07) is 15.0. The SMILES string of the molecule is O=C1/C(=C/Nc2nc3ccccc3[nH]2)COc2ccccc21. The number of anilines is 1. The molecule has 0 atom stereocenters. The Kier molecular flexibility index (Phi) is 2.89. The average Bonchev–Trinajstić information content (AvgIpc) is 2.97. The van der Waals surface area contributed by atoms with Gasteiger partial charge in [-0.2, -0.15) is 0 Å². The summed E-state index contributed by atoms with van der Waals surface area (Å²) < 4.78 is 5.59. The molecular weight excluding hydrogens is 278 g/mol. The molecule has 0 saturated heterocycles. The maximum atomic E-state index is 12.4. The van der Waals surface area contributed by atoms with Crippen LogP contribution in [0.1, 0.15) is 10.4 Å². The zero-order chi connectivity index (χ0) is 14.9. The Morgan fingerprint density at radius 1 is 1.14 bits per heavy atom. The minimum Gasteiger partial charge on any atom is -0.488 e. The Hall–Kier alpha value is -3.08. The van der Waals surface area contributed by atoms with Crippen molar-refractivity contribution in [3.05, 3.63) is 65.9 Å². The second kappa shape index (κ2) is 5.04. The number of carbonyl (C=O) groups excluding carboxylic acids is 1. The standard InChI is InChI=1S/C17H13N3O2/c21-16-11(10-22-15-8-4-1-5-12(15)16)9-18-17-19-13-6-2-3-7-14(13)20-17/h1-9H,10H2,(H2,18,19,20)/b11-9+. The molecule has 2 N–H and O–H groups in total. The van der Waals surface area contributed by atoms with Crippen LogP contribution in [0.3, 0.4) is 0 Å². The number of ether oxygens (including phenoxy) is 1. The summed E-state index contributed by atoms with van der Waals surface area (Å²) in [5.41, 5.74) is 2.98. The third-order valence-electron chi connectivity index (χ3n) is 3.58. The normalized spacial score (nSPS) is 15.6. The number of benzene rings is 2. The molecule has 1 aliphatic rings. The monoisotopic (exact) mass is 291 g/mol. The number of ketones is 1. The Bertz CT molecular complexity index is 863. The van der Waals surface area contributed by atoms with Crippen LogP contribution in [0.2, 0.25) is 0 Å². The summed E-state index contributed by atoms with van der Waals surface area (Å²) in [4.78, 5) is 19.9. The quantitative estimate of drug-likeness (QED) is 0.712. The highest BCUT2D eigenvalue weighted by Crippen LogP contribution is 2.26. The highest BCUT2D eigenvalue weighted by Gasteiger charge is 2.22. The molecule has 0 unspecified atom stereocenters. The van der Waals surface area contributed by atoms with E-state index in [1.807, 2.05) is 36.4 Å². The molecule has 22 heavy (non-hydrogen) atoms. The largest absolute Gasteiger partial charge is 0.488 e. The molecule has 108 valence electrons. The minimum absolute atomic E-state index is 0.0227. The first kappa shape index (κ1) is 12.6. The Morgan fingerprint density at radius 3 is 2.86 bits per heavy atom. The molecule has 2 heterocycles. The Balaban J connectivity index is 1.60. The third kappa shape index (κ3) is 2.13. The van der Waals surface area contributed by atoms with Crippen LogP contribution in [0.15, 0.2) is 60.3 Å². The van der Waals surface area contributed by atoms with E-state index in [1.54, 1.807) is 18.3 Å². The van der Waals surface area contributed by atoms with Crippen LogP contribution >= 0.6 is 0 Å². The number of nitrogens with zero attached hydrogens (tertiary/aromatic N) is 1. The molecule has 3 aromatic rings. The van der Waals surface area contributed by atoms with Gasteiger partial charge in [0.15, 0.2) is 5.78 Å². The maximum absolute atomic E-state index is 12.4. The molecule has 0 amide bonds. The molecule has 0 bridgehead atoms. The zero-order valence-corrected chi connectivity index (χ0v) is 11.7. The van der Waals surface area contributed by atoms with E-state index in [2.05, 4.69) is 15.3 Å². The summed E-state index contributed by atoms with van der Waals surface area (Å²) in [5, 5.41) is 3.04. The van der Waals surface area contributed by atoms with Gasteiger partial charge in [0.25, 0.3) is 0 Å². The molecule has 4 rings (SSSR count). The fraction of sp³-hybridized carbons (Fsp3) is 0.0588. The van der Waals surface area contributed by atoms with Crippen molar-refractivity contribution in [1.29, 1.82) is 0 Å². The predicted molar refractivity (Wildman–Crippen MR) is 84.1 cm³/mol. The van der Waals surface area contributed by atoms with Crippen LogP contribution in [0, 0.1) is 0 Å². The first-order valence-corrected chi connectivity index (χ1v) is 6.98. The van der Waals surface area contributed by atoms with Gasteiger partial charge in [-0.05, 0) is 24.3 Å². The van der Waals surface area contributed by atoms with Gasteiger partial charge < -0.3 is 15.0 Å². The lowest BCUT2D eigenvalue weighted by Crippen LogP contribution is -2.20. The molecule has 1 aliphatic heterocycles. The Morgan fingerprint density at radius 2 is 1.95 bits per heavy atom. The lowest BCUT2D eigenvalue weighted by Gasteiger charge is -2.18. The molecule has 0 radical (unpaired) electrons. The number of hydrogen-bond acceptors (Lipinski definition) is 4. The molecule has 5 heteroatoms. The second-order valence-electron chi connectivity index (χ2n) is 5.03. The van der Waals surface area contributed by atoms with Crippen molar-refractivity contribution in [1.82, 2.24) is 9.97 Å². The predicted octanol–water partition coefficient (Wildman–Crippen LogP) is 3.13. The first-order valence-electron chi connectivity index (χ1n) is 6.98. The molecule has 2 aromatic carbocycles. The summed E-state index contributed by atoms with van der Waals surface area (Å²) in [6.07, 6.45) is 1.65. The van der Waals surface area contributed by atoms with Crippen LogP contribution in [0.4, 0.5) is 5.95 Å². The van der Waals surface area contributed by atoms with Gasteiger partial charge in [0.1, 0.15) is 12.4 Å². The number of para-hydroxylation sites is 3. The summed E-state index contributed by atoms with van der Waals surface area (Å²) in [7, 11) is 0. The topological polar surface area (TPSA) is 67.0 Å². The van der Waals surface area contributed by atoms with Gasteiger partial charge in [-0.15, -0.1) is 0 Å². The van der Waals surface area contributed by atoms with Crippen molar-refractivity contribution in [3.8, 4) is 5.75 Å². The number of H-pyrrole nitrogens is 1. The van der Waals surface area contributed by atoms with E-state index in [0.29, 0.717) is 22.8 Å². The number of hydrogen-bond donors (Lipinski definition) is 2. The molecule has 0 fully saturated rings. The van der Waals surface area contributed by atoms with Crippen molar-refractivity contribution in [3.63, 3.8) is 0 Å². The molecule has 0 aliphatic carbocycles. The third-order valence-corrected chi connectivity index (χ3v) is 3.58. The van der Waals surface area contributed by atoms with Gasteiger partial charge in [-0.3, -0.25) is 4.79 Å². The highest BCUT2D eigenvalue weighted by molar-refractivity contribution is 6.11. The van der Waals surface area contributed by atoms with E-state index in [0.717, 1.165) is 11.0 Å². The number of carbonyl (C=O) groups is 1. The highest BCUT2D eigenvalue weighted by atomic mass is 16.5. The number of Topliss-reactive ketones (excluding diaryl/α,β-unsaturated/α-hetero) is 1. The van der Waals surface area contributed by atoms with Gasteiger partial charge in [0.2, 0.25) is 5.95 Å². The van der Waals surface area contributed by atoms with E-state index in [1.165, 1.54) is 0 Å². The molecule has 0 saturated carbocycles. The lowest BCUT2D eigenvalue weighted by molar-refractivity contribution is 0.0999. The van der Waals surface area contributed by atoms with Crippen LogP contribution in [0.5, 0.6) is 5.75 Å². The van der Waals surface area contributed by atoms with E-state index < -0.39 is 0 Å². The van der Waals surface area contributed by atoms with E-state index in [-0.39, 0.29) is 12.4 Å². The number of aromatic nitrogens is 2. The molecular formula is C17H13N3O2. The number of rotatable bonds is 2. The average molecular weight is 291 g/mol. The van der Waals surface area contributed by atoms with E-state index in [9.17, 15) is 4.79 Å². The smallest absolute Gasteiger partial charge is 0.205 e. The number of imidazole rings is 1. The van der Waals surface area contributed by atoms with Gasteiger partial charge in [0.05, 0.1) is 22.2 Å². The van der Waals surface area contributed by atoms with Gasteiger partial charge in [0, 0.05) is 6.20 Å². The number of aromatic amines is 1. The van der Waals surface area contributed by atoms with Crippen molar-refractivity contribution >= 4 is 22.8 Å². The summed E-state index contributed by atoms with van der Waals surface area (Å²) in [6.45, 7) is 0.253. The Labute approximate surface area is 126 Å². The lowest BCUT2D eigenvalue weighted by atomic mass is 10.0. The van der Waals surface area contributed by atoms with Gasteiger partial charge >= 0.3 is 0 Å². The van der Waals surface area contributed by atoms with Gasteiger partial charge in [-0.25, -0.2) is 4.98 Å². The van der Waals surface area contributed by atoms with E-state index >= 15 is 0 Å². The maximum Gasteiger partial charge on any atom is 0.205 e. The van der Waals surface area contributed by atoms with Crippen molar-refractivity contribution in [2.24, 2.45) is 0 Å². The second-order valence-corrected chi connectivity index (χ2v) is 5.03. The van der Waals surface area contributed by atoms with Crippen molar-refractivity contribution in [2.75, 3.05) is 11.9 Å². The zero-order valence-electron chi connectivity index (χ0n) is 11.7. The molecule has 1 aromatic heterocycles. The van der Waals surface area contributed by atoms with Crippen molar-refractivity contribution in [2.45, 2.75) is 0 Å². The fourth-order valence-corrected chi connectivity index (χ4v) is 2.46. The van der Waals surface area contributed by atoms with Crippen LogP contribution in [-0.4, -0.2) is 22.4 Å². The summed E-state index contributed by atoms with van der Waals surface area (Å²) in [5.74, 6) is 1.21. The van der Waals surface area contributed by atoms with Crippen LogP contribution in [-0.2, 0) is 0 Å². The van der Waals surface area contributed by atoms with Crippen LogP contribution in [0.25, 0.3) is 11.0 Å². The molecule has 5 nitrogen and oxygen atoms in total. The minimum atomic E-state index is -0.0227. The number of nitrogens with one attached hydrogen (secondary N) is 2. The summed E-state index contributed by atoms with van der Waals surface area (Å²) >= 11 is 0.